The number of ether oxygens (including phenoxy) is 1. The second kappa shape index (κ2) is 5.89. The van der Waals surface area contributed by atoms with Crippen LogP contribution in [0.4, 0.5) is 5.69 Å². The van der Waals surface area contributed by atoms with Crippen molar-refractivity contribution in [1.82, 2.24) is 5.32 Å². The van der Waals surface area contributed by atoms with Crippen LogP contribution in [0.15, 0.2) is 42.5 Å². The number of anilines is 1. The van der Waals surface area contributed by atoms with E-state index in [0.29, 0.717) is 16.1 Å². The number of nitrogens with zero attached hydrogens (tertiary/aromatic N) is 1. The van der Waals surface area contributed by atoms with Gasteiger partial charge in [0.15, 0.2) is 10.8 Å². The Kier molecular flexibility index (Phi) is 3.93. The maximum Gasteiger partial charge on any atom is 0.188 e. The molecule has 2 unspecified atom stereocenters. The highest BCUT2D eigenvalue weighted by molar-refractivity contribution is 7.80. The molecule has 2 aromatic rings. The Morgan fingerprint density at radius 1 is 1.24 bits per heavy atom. The summed E-state index contributed by atoms with van der Waals surface area (Å²) in [6, 6.07) is 14.5. The fourth-order valence-corrected chi connectivity index (χ4v) is 4.41. The molecule has 2 aliphatic heterocycles. The molecule has 2 aliphatic rings. The molecule has 1 fully saturated rings. The third kappa shape index (κ3) is 2.68. The smallest absolute Gasteiger partial charge is 0.188 e. The summed E-state index contributed by atoms with van der Waals surface area (Å²) < 4.78 is 6.40. The Bertz CT molecular complexity index is 836. The van der Waals surface area contributed by atoms with Gasteiger partial charge in [-0.25, -0.2) is 0 Å². The number of hydrogen-bond acceptors (Lipinski definition) is 2. The van der Waals surface area contributed by atoms with Gasteiger partial charge in [0.2, 0.25) is 0 Å². The van der Waals surface area contributed by atoms with Crippen molar-refractivity contribution in [2.24, 2.45) is 0 Å². The number of thiocarbonyl (C=S) groups is 1. The predicted molar refractivity (Wildman–Crippen MR) is 107 cm³/mol. The largest absolute Gasteiger partial charge is 0.466 e. The molecular weight excluding hydrogens is 352 g/mol. The summed E-state index contributed by atoms with van der Waals surface area (Å²) in [4.78, 5) is 2.06. The Balaban J connectivity index is 1.76. The summed E-state index contributed by atoms with van der Waals surface area (Å²) in [6.45, 7) is 6.46. The fraction of sp³-hybridized carbons (Fsp3) is 0.350. The van der Waals surface area contributed by atoms with E-state index in [4.69, 9.17) is 28.6 Å². The van der Waals surface area contributed by atoms with Crippen molar-refractivity contribution in [3.8, 4) is 5.75 Å². The second-order valence-corrected chi connectivity index (χ2v) is 8.02. The van der Waals surface area contributed by atoms with Gasteiger partial charge in [-0.05, 0) is 48.8 Å². The molecule has 4 rings (SSSR count). The fourth-order valence-electron chi connectivity index (χ4n) is 3.75. The zero-order valence-corrected chi connectivity index (χ0v) is 16.1. The SMILES string of the molecule is CC(C)c1ccc(N2C(=S)NC3CC2(C)Oc2c(Cl)cccc23)cc1. The maximum absolute atomic E-state index is 6.40. The number of hydrogen-bond donors (Lipinski definition) is 1. The molecule has 1 N–H and O–H groups in total. The van der Waals surface area contributed by atoms with Crippen LogP contribution in [0.2, 0.25) is 5.02 Å². The van der Waals surface area contributed by atoms with Crippen molar-refractivity contribution in [3.63, 3.8) is 0 Å². The van der Waals surface area contributed by atoms with Crippen LogP contribution in [-0.4, -0.2) is 10.8 Å². The van der Waals surface area contributed by atoms with Crippen LogP contribution in [0, 0.1) is 0 Å². The number of halogens is 1. The van der Waals surface area contributed by atoms with Gasteiger partial charge in [0.1, 0.15) is 5.75 Å². The molecule has 0 aromatic heterocycles. The van der Waals surface area contributed by atoms with Gasteiger partial charge in [0.05, 0.1) is 11.1 Å². The molecule has 130 valence electrons. The van der Waals surface area contributed by atoms with Crippen molar-refractivity contribution in [3.05, 3.63) is 58.6 Å². The summed E-state index contributed by atoms with van der Waals surface area (Å²) in [5, 5.41) is 4.78. The van der Waals surface area contributed by atoms with Crippen molar-refractivity contribution in [1.29, 1.82) is 0 Å². The first kappa shape index (κ1) is 16.7. The molecule has 2 heterocycles. The second-order valence-electron chi connectivity index (χ2n) is 7.22. The number of benzene rings is 2. The summed E-state index contributed by atoms with van der Waals surface area (Å²) in [5.74, 6) is 1.25. The number of nitrogens with one attached hydrogen (secondary N) is 1. The minimum absolute atomic E-state index is 0.117. The van der Waals surface area contributed by atoms with Gasteiger partial charge in [0.25, 0.3) is 0 Å². The van der Waals surface area contributed by atoms with Crippen molar-refractivity contribution >= 4 is 34.6 Å². The van der Waals surface area contributed by atoms with E-state index in [9.17, 15) is 0 Å². The third-order valence-electron chi connectivity index (χ3n) is 5.07. The van der Waals surface area contributed by atoms with Gasteiger partial charge in [-0.1, -0.05) is 49.7 Å². The lowest BCUT2D eigenvalue weighted by Crippen LogP contribution is -2.65. The molecule has 0 saturated carbocycles. The quantitative estimate of drug-likeness (QED) is 0.713. The molecule has 1 saturated heterocycles. The lowest BCUT2D eigenvalue weighted by atomic mass is 9.90. The van der Waals surface area contributed by atoms with Crippen molar-refractivity contribution < 1.29 is 4.74 Å². The van der Waals surface area contributed by atoms with Crippen molar-refractivity contribution in [2.75, 3.05) is 4.90 Å². The standard InChI is InChI=1S/C20H21ClN2OS/c1-12(2)13-7-9-14(10-8-13)23-19(25)22-17-11-20(23,3)24-18-15(17)5-4-6-16(18)21/h4-10,12,17H,11H2,1-3H3,(H,22,25). The van der Waals surface area contributed by atoms with E-state index in [-0.39, 0.29) is 6.04 Å². The molecule has 0 aliphatic carbocycles. The molecule has 5 heteroatoms. The molecule has 2 aromatic carbocycles. The van der Waals surface area contributed by atoms with Crippen LogP contribution in [-0.2, 0) is 0 Å². The molecule has 0 amide bonds. The molecule has 2 atom stereocenters. The van der Waals surface area contributed by atoms with Gasteiger partial charge in [0, 0.05) is 17.7 Å². The first-order chi connectivity index (χ1) is 11.9. The van der Waals surface area contributed by atoms with E-state index in [2.05, 4.69) is 55.3 Å². The summed E-state index contributed by atoms with van der Waals surface area (Å²) in [5.41, 5.74) is 2.84. The molecule has 2 bridgehead atoms. The molecule has 0 spiro atoms. The van der Waals surface area contributed by atoms with Crippen LogP contribution < -0.4 is 15.0 Å². The monoisotopic (exact) mass is 372 g/mol. The zero-order chi connectivity index (χ0) is 17.8. The number of rotatable bonds is 2. The van der Waals surface area contributed by atoms with Gasteiger partial charge in [-0.2, -0.15) is 0 Å². The van der Waals surface area contributed by atoms with Crippen LogP contribution in [0.5, 0.6) is 5.75 Å². The Morgan fingerprint density at radius 3 is 2.64 bits per heavy atom. The van der Waals surface area contributed by atoms with Gasteiger partial charge in [-0.3, -0.25) is 4.90 Å². The number of fused-ring (bicyclic) bond motifs is 4. The van der Waals surface area contributed by atoms with E-state index >= 15 is 0 Å². The van der Waals surface area contributed by atoms with E-state index < -0.39 is 5.72 Å². The van der Waals surface area contributed by atoms with Gasteiger partial charge >= 0.3 is 0 Å². The predicted octanol–water partition coefficient (Wildman–Crippen LogP) is 5.40. The number of para-hydroxylation sites is 1. The van der Waals surface area contributed by atoms with Crippen LogP contribution in [0.3, 0.4) is 0 Å². The van der Waals surface area contributed by atoms with Gasteiger partial charge < -0.3 is 10.1 Å². The molecular formula is C20H21ClN2OS. The van der Waals surface area contributed by atoms with Gasteiger partial charge in [-0.15, -0.1) is 0 Å². The first-order valence-electron chi connectivity index (χ1n) is 8.57. The first-order valence-corrected chi connectivity index (χ1v) is 9.36. The average molecular weight is 373 g/mol. The van der Waals surface area contributed by atoms with E-state index in [1.165, 1.54) is 5.56 Å². The zero-order valence-electron chi connectivity index (χ0n) is 14.5. The highest BCUT2D eigenvalue weighted by Gasteiger charge is 2.48. The average Bonchev–Trinajstić information content (AvgIpc) is 2.56. The third-order valence-corrected chi connectivity index (χ3v) is 5.67. The Hall–Kier alpha value is -1.78. The molecule has 3 nitrogen and oxygen atoms in total. The summed E-state index contributed by atoms with van der Waals surface area (Å²) in [7, 11) is 0. The summed E-state index contributed by atoms with van der Waals surface area (Å²) in [6.07, 6.45) is 0.798. The van der Waals surface area contributed by atoms with E-state index in [1.54, 1.807) is 0 Å². The van der Waals surface area contributed by atoms with E-state index in [1.807, 2.05) is 18.2 Å². The Morgan fingerprint density at radius 2 is 1.96 bits per heavy atom. The van der Waals surface area contributed by atoms with Crippen molar-refractivity contribution in [2.45, 2.75) is 44.9 Å². The molecule has 0 radical (unpaired) electrons. The lowest BCUT2D eigenvalue weighted by molar-refractivity contribution is 0.0499. The normalized spacial score (nSPS) is 24.6. The van der Waals surface area contributed by atoms with E-state index in [0.717, 1.165) is 23.4 Å². The highest BCUT2D eigenvalue weighted by atomic mass is 35.5. The van der Waals surface area contributed by atoms with Crippen LogP contribution in [0.1, 0.15) is 50.3 Å². The van der Waals surface area contributed by atoms with Crippen LogP contribution in [0.25, 0.3) is 0 Å². The van der Waals surface area contributed by atoms with Crippen LogP contribution >= 0.6 is 23.8 Å². The maximum atomic E-state index is 6.40. The summed E-state index contributed by atoms with van der Waals surface area (Å²) >= 11 is 12.1. The lowest BCUT2D eigenvalue weighted by Gasteiger charge is -2.52. The minimum Gasteiger partial charge on any atom is -0.466 e. The topological polar surface area (TPSA) is 24.5 Å². The highest BCUT2D eigenvalue weighted by Crippen LogP contribution is 2.48. The Labute approximate surface area is 158 Å². The minimum atomic E-state index is -0.565. The molecule has 25 heavy (non-hydrogen) atoms.